The van der Waals surface area contributed by atoms with Gasteiger partial charge in [0, 0.05) is 16.1 Å². The highest BCUT2D eigenvalue weighted by Gasteiger charge is 2.11. The van der Waals surface area contributed by atoms with E-state index in [2.05, 4.69) is 28.2 Å². The van der Waals surface area contributed by atoms with Gasteiger partial charge in [0.15, 0.2) is 0 Å². The Labute approximate surface area is 115 Å². The molecule has 0 saturated carbocycles. The molecule has 0 aliphatic rings. The van der Waals surface area contributed by atoms with E-state index in [1.807, 2.05) is 43.4 Å². The molecular formula is C15H15BrFN. The number of nitrogens with one attached hydrogen (secondary N) is 1. The molecule has 2 aromatic rings. The normalized spacial score (nSPS) is 12.4. The second-order valence-electron chi connectivity index (χ2n) is 4.23. The molecule has 0 bridgehead atoms. The van der Waals surface area contributed by atoms with Crippen LogP contribution in [0.4, 0.5) is 4.39 Å². The van der Waals surface area contributed by atoms with Gasteiger partial charge in [-0.1, -0.05) is 40.2 Å². The zero-order valence-corrected chi connectivity index (χ0v) is 12.0. The summed E-state index contributed by atoms with van der Waals surface area (Å²) < 4.78 is 14.9. The van der Waals surface area contributed by atoms with Crippen molar-refractivity contribution in [3.8, 4) is 11.1 Å². The molecule has 0 fully saturated rings. The molecule has 0 aromatic heterocycles. The highest BCUT2D eigenvalue weighted by atomic mass is 79.9. The van der Waals surface area contributed by atoms with Crippen LogP contribution in [0, 0.1) is 5.82 Å². The first-order chi connectivity index (χ1) is 8.63. The van der Waals surface area contributed by atoms with Crippen LogP contribution >= 0.6 is 15.9 Å². The van der Waals surface area contributed by atoms with Gasteiger partial charge in [0.25, 0.3) is 0 Å². The smallest absolute Gasteiger partial charge is 0.131 e. The Hall–Kier alpha value is -1.19. The van der Waals surface area contributed by atoms with E-state index in [1.54, 1.807) is 0 Å². The van der Waals surface area contributed by atoms with Crippen molar-refractivity contribution in [2.75, 3.05) is 7.05 Å². The van der Waals surface area contributed by atoms with Crippen molar-refractivity contribution in [1.82, 2.24) is 5.32 Å². The average Bonchev–Trinajstić information content (AvgIpc) is 2.39. The minimum absolute atomic E-state index is 0.200. The van der Waals surface area contributed by atoms with Gasteiger partial charge in [-0.25, -0.2) is 4.39 Å². The zero-order chi connectivity index (χ0) is 13.1. The minimum Gasteiger partial charge on any atom is -0.313 e. The molecule has 1 nitrogen and oxygen atoms in total. The van der Waals surface area contributed by atoms with Crippen molar-refractivity contribution in [3.63, 3.8) is 0 Å². The van der Waals surface area contributed by atoms with Gasteiger partial charge in [0.05, 0.1) is 0 Å². The molecule has 2 rings (SSSR count). The predicted molar refractivity (Wildman–Crippen MR) is 77.0 cm³/mol. The first-order valence-electron chi connectivity index (χ1n) is 5.85. The molecule has 18 heavy (non-hydrogen) atoms. The summed E-state index contributed by atoms with van der Waals surface area (Å²) in [6.07, 6.45) is 0. The highest BCUT2D eigenvalue weighted by molar-refractivity contribution is 9.10. The standard InChI is InChI=1S/C15H15BrFN/c1-10(18-2)11-7-8-15(17)13(9-11)12-5-3-4-6-14(12)16/h3-10,18H,1-2H3. The molecule has 0 spiro atoms. The monoisotopic (exact) mass is 307 g/mol. The number of hydrogen-bond acceptors (Lipinski definition) is 1. The third kappa shape index (κ3) is 2.62. The molecule has 1 atom stereocenters. The molecule has 1 unspecified atom stereocenters. The molecule has 0 heterocycles. The molecule has 0 saturated heterocycles. The summed E-state index contributed by atoms with van der Waals surface area (Å²) in [7, 11) is 1.89. The van der Waals surface area contributed by atoms with E-state index in [4.69, 9.17) is 0 Å². The quantitative estimate of drug-likeness (QED) is 0.878. The molecule has 0 aliphatic heterocycles. The molecule has 3 heteroatoms. The lowest BCUT2D eigenvalue weighted by Gasteiger charge is -2.13. The maximum atomic E-state index is 14.0. The van der Waals surface area contributed by atoms with Crippen molar-refractivity contribution >= 4 is 15.9 Å². The lowest BCUT2D eigenvalue weighted by Crippen LogP contribution is -2.12. The maximum Gasteiger partial charge on any atom is 0.131 e. The van der Waals surface area contributed by atoms with E-state index >= 15 is 0 Å². The number of halogens is 2. The van der Waals surface area contributed by atoms with Crippen molar-refractivity contribution in [2.45, 2.75) is 13.0 Å². The summed E-state index contributed by atoms with van der Waals surface area (Å²) in [6.45, 7) is 2.05. The SMILES string of the molecule is CNC(C)c1ccc(F)c(-c2ccccc2Br)c1. The van der Waals surface area contributed by atoms with Crippen molar-refractivity contribution in [2.24, 2.45) is 0 Å². The van der Waals surface area contributed by atoms with Crippen LogP contribution in [0.25, 0.3) is 11.1 Å². The van der Waals surface area contributed by atoms with E-state index in [0.717, 1.165) is 15.6 Å². The van der Waals surface area contributed by atoms with Crippen LogP contribution in [-0.2, 0) is 0 Å². The van der Waals surface area contributed by atoms with Gasteiger partial charge >= 0.3 is 0 Å². The van der Waals surface area contributed by atoms with Crippen molar-refractivity contribution < 1.29 is 4.39 Å². The summed E-state index contributed by atoms with van der Waals surface area (Å²) in [5.74, 6) is -0.200. The fourth-order valence-corrected chi connectivity index (χ4v) is 2.36. The minimum atomic E-state index is -0.200. The van der Waals surface area contributed by atoms with E-state index in [0.29, 0.717) is 5.56 Å². The number of rotatable bonds is 3. The molecule has 0 radical (unpaired) electrons. The summed E-state index contributed by atoms with van der Waals surface area (Å²) in [6, 6.07) is 13.1. The molecule has 0 aliphatic carbocycles. The van der Waals surface area contributed by atoms with Crippen LogP contribution in [0.3, 0.4) is 0 Å². The van der Waals surface area contributed by atoms with E-state index in [-0.39, 0.29) is 11.9 Å². The van der Waals surface area contributed by atoms with Gasteiger partial charge in [-0.05, 0) is 43.3 Å². The third-order valence-corrected chi connectivity index (χ3v) is 3.78. The Morgan fingerprint density at radius 3 is 2.50 bits per heavy atom. The van der Waals surface area contributed by atoms with Crippen LogP contribution in [-0.4, -0.2) is 7.05 Å². The third-order valence-electron chi connectivity index (χ3n) is 3.09. The summed E-state index contributed by atoms with van der Waals surface area (Å²) >= 11 is 3.46. The average molecular weight is 308 g/mol. The van der Waals surface area contributed by atoms with Crippen molar-refractivity contribution in [1.29, 1.82) is 0 Å². The van der Waals surface area contributed by atoms with Gasteiger partial charge in [0.1, 0.15) is 5.82 Å². The Balaban J connectivity index is 2.54. The molecule has 94 valence electrons. The topological polar surface area (TPSA) is 12.0 Å². The zero-order valence-electron chi connectivity index (χ0n) is 10.4. The second kappa shape index (κ2) is 5.63. The fourth-order valence-electron chi connectivity index (χ4n) is 1.86. The molecule has 2 aromatic carbocycles. The molecule has 1 N–H and O–H groups in total. The Morgan fingerprint density at radius 2 is 1.83 bits per heavy atom. The van der Waals surface area contributed by atoms with E-state index in [9.17, 15) is 4.39 Å². The van der Waals surface area contributed by atoms with Gasteiger partial charge in [0.2, 0.25) is 0 Å². The fraction of sp³-hybridized carbons (Fsp3) is 0.200. The summed E-state index contributed by atoms with van der Waals surface area (Å²) in [5.41, 5.74) is 2.58. The lowest BCUT2D eigenvalue weighted by molar-refractivity contribution is 0.622. The Bertz CT molecular complexity index is 554. The van der Waals surface area contributed by atoms with Crippen LogP contribution in [0.1, 0.15) is 18.5 Å². The van der Waals surface area contributed by atoms with Crippen LogP contribution in [0.5, 0.6) is 0 Å². The first-order valence-corrected chi connectivity index (χ1v) is 6.64. The summed E-state index contributed by atoms with van der Waals surface area (Å²) in [5, 5.41) is 3.16. The molecular weight excluding hydrogens is 293 g/mol. The maximum absolute atomic E-state index is 14.0. The Morgan fingerprint density at radius 1 is 1.11 bits per heavy atom. The number of hydrogen-bond donors (Lipinski definition) is 1. The van der Waals surface area contributed by atoms with E-state index in [1.165, 1.54) is 6.07 Å². The second-order valence-corrected chi connectivity index (χ2v) is 5.08. The van der Waals surface area contributed by atoms with Crippen LogP contribution < -0.4 is 5.32 Å². The van der Waals surface area contributed by atoms with Crippen LogP contribution in [0.15, 0.2) is 46.9 Å². The van der Waals surface area contributed by atoms with Gasteiger partial charge in [-0.2, -0.15) is 0 Å². The Kier molecular flexibility index (Phi) is 4.15. The van der Waals surface area contributed by atoms with E-state index < -0.39 is 0 Å². The van der Waals surface area contributed by atoms with Crippen molar-refractivity contribution in [3.05, 3.63) is 58.3 Å². The van der Waals surface area contributed by atoms with Gasteiger partial charge < -0.3 is 5.32 Å². The van der Waals surface area contributed by atoms with Gasteiger partial charge in [-0.3, -0.25) is 0 Å². The first kappa shape index (κ1) is 13.2. The van der Waals surface area contributed by atoms with Crippen LogP contribution in [0.2, 0.25) is 0 Å². The summed E-state index contributed by atoms with van der Waals surface area (Å²) in [4.78, 5) is 0. The highest BCUT2D eigenvalue weighted by Crippen LogP contribution is 2.31. The predicted octanol–water partition coefficient (Wildman–Crippen LogP) is 4.54. The lowest BCUT2D eigenvalue weighted by atomic mass is 9.99. The van der Waals surface area contributed by atoms with Gasteiger partial charge in [-0.15, -0.1) is 0 Å². The largest absolute Gasteiger partial charge is 0.313 e. The number of benzene rings is 2. The molecule has 0 amide bonds.